The van der Waals surface area contributed by atoms with Crippen LogP contribution in [-0.4, -0.2) is 11.9 Å². The number of hydrogen-bond acceptors (Lipinski definition) is 2. The van der Waals surface area contributed by atoms with Crippen LogP contribution in [0.5, 0.6) is 0 Å². The zero-order valence-corrected chi connectivity index (χ0v) is 13.4. The van der Waals surface area contributed by atoms with Gasteiger partial charge in [-0.15, -0.1) is 0 Å². The van der Waals surface area contributed by atoms with Crippen LogP contribution in [0.2, 0.25) is 10.0 Å². The van der Waals surface area contributed by atoms with E-state index in [1.165, 1.54) is 0 Å². The van der Waals surface area contributed by atoms with Crippen LogP contribution in [-0.2, 0) is 4.79 Å². The van der Waals surface area contributed by atoms with E-state index in [4.69, 9.17) is 28.9 Å². The Morgan fingerprint density at radius 2 is 1.74 bits per heavy atom. The molecule has 0 aliphatic heterocycles. The maximum Gasteiger partial charge on any atom is 0.227 e. The second kappa shape index (κ2) is 6.44. The van der Waals surface area contributed by atoms with E-state index >= 15 is 0 Å². The lowest BCUT2D eigenvalue weighted by molar-refractivity contribution is -0.120. The summed E-state index contributed by atoms with van der Waals surface area (Å²) in [6.07, 6.45) is 3.41. The van der Waals surface area contributed by atoms with E-state index in [0.29, 0.717) is 15.7 Å². The first-order chi connectivity index (χ1) is 8.97. The van der Waals surface area contributed by atoms with Gasteiger partial charge in [-0.2, -0.15) is 0 Å². The predicted molar refractivity (Wildman–Crippen MR) is 82.7 cm³/mol. The highest BCUT2D eigenvalue weighted by atomic mass is 79.9. The summed E-state index contributed by atoms with van der Waals surface area (Å²) in [6.45, 7) is 0. The van der Waals surface area contributed by atoms with Gasteiger partial charge < -0.3 is 11.1 Å². The molecule has 19 heavy (non-hydrogen) atoms. The van der Waals surface area contributed by atoms with Crippen molar-refractivity contribution in [1.82, 2.24) is 0 Å². The zero-order valence-electron chi connectivity index (χ0n) is 10.3. The van der Waals surface area contributed by atoms with Crippen molar-refractivity contribution in [2.24, 2.45) is 11.7 Å². The number of carbonyl (C=O) groups is 1. The molecule has 0 unspecified atom stereocenters. The predicted octanol–water partition coefficient (Wildman–Crippen LogP) is 4.21. The molecule has 1 fully saturated rings. The van der Waals surface area contributed by atoms with Gasteiger partial charge in [-0.1, -0.05) is 39.1 Å². The fraction of sp³-hybridized carbons (Fsp3) is 0.462. The van der Waals surface area contributed by atoms with Crippen molar-refractivity contribution in [2.45, 2.75) is 31.7 Å². The SMILES string of the molecule is NC1CCC(C(=O)Nc2c(Cl)cc(Br)cc2Cl)CC1. The quantitative estimate of drug-likeness (QED) is 0.824. The Morgan fingerprint density at radius 3 is 2.26 bits per heavy atom. The summed E-state index contributed by atoms with van der Waals surface area (Å²) < 4.78 is 0.782. The number of rotatable bonds is 2. The minimum Gasteiger partial charge on any atom is -0.328 e. The molecule has 0 bridgehead atoms. The highest BCUT2D eigenvalue weighted by Crippen LogP contribution is 2.35. The molecular weight excluding hydrogens is 351 g/mol. The maximum atomic E-state index is 12.2. The van der Waals surface area contributed by atoms with E-state index in [1.807, 2.05) is 0 Å². The highest BCUT2D eigenvalue weighted by molar-refractivity contribution is 9.10. The standard InChI is InChI=1S/C13H15BrCl2N2O/c14-8-5-10(15)12(11(16)6-8)18-13(19)7-1-3-9(17)4-2-7/h5-7,9H,1-4,17H2,(H,18,19). The fourth-order valence-electron chi connectivity index (χ4n) is 2.27. The molecule has 1 aromatic rings. The molecule has 1 aliphatic carbocycles. The van der Waals surface area contributed by atoms with Gasteiger partial charge in [0.2, 0.25) is 5.91 Å². The Kier molecular flexibility index (Phi) is 5.12. The lowest BCUT2D eigenvalue weighted by Gasteiger charge is -2.25. The second-order valence-electron chi connectivity index (χ2n) is 4.85. The van der Waals surface area contributed by atoms with Crippen LogP contribution >= 0.6 is 39.1 Å². The number of benzene rings is 1. The Labute approximate surface area is 131 Å². The number of carbonyl (C=O) groups excluding carboxylic acids is 1. The molecule has 3 N–H and O–H groups in total. The summed E-state index contributed by atoms with van der Waals surface area (Å²) in [5, 5.41) is 3.69. The summed E-state index contributed by atoms with van der Waals surface area (Å²) in [7, 11) is 0. The first kappa shape index (κ1) is 15.1. The average Bonchev–Trinajstić information content (AvgIpc) is 2.34. The van der Waals surface area contributed by atoms with Crippen LogP contribution in [0.3, 0.4) is 0 Å². The van der Waals surface area contributed by atoms with Gasteiger partial charge in [0.1, 0.15) is 0 Å². The van der Waals surface area contributed by atoms with Crippen molar-refractivity contribution in [1.29, 1.82) is 0 Å². The van der Waals surface area contributed by atoms with Crippen molar-refractivity contribution in [2.75, 3.05) is 5.32 Å². The van der Waals surface area contributed by atoms with Gasteiger partial charge in [0.25, 0.3) is 0 Å². The van der Waals surface area contributed by atoms with Gasteiger partial charge in [-0.25, -0.2) is 0 Å². The van der Waals surface area contributed by atoms with Gasteiger partial charge in [0, 0.05) is 16.4 Å². The van der Waals surface area contributed by atoms with Gasteiger partial charge in [-0.05, 0) is 37.8 Å². The van der Waals surface area contributed by atoms with Gasteiger partial charge in [-0.3, -0.25) is 4.79 Å². The molecule has 1 saturated carbocycles. The minimum absolute atomic E-state index is 0.00409. The number of halogens is 3. The third-order valence-corrected chi connectivity index (χ3v) is 4.45. The van der Waals surface area contributed by atoms with Crippen LogP contribution < -0.4 is 11.1 Å². The summed E-state index contributed by atoms with van der Waals surface area (Å²) in [4.78, 5) is 12.2. The Hall–Kier alpha value is -0.290. The smallest absolute Gasteiger partial charge is 0.227 e. The highest BCUT2D eigenvalue weighted by Gasteiger charge is 2.25. The Bertz CT molecular complexity index is 465. The molecular formula is C13H15BrCl2N2O. The monoisotopic (exact) mass is 364 g/mol. The molecule has 3 nitrogen and oxygen atoms in total. The summed E-state index contributed by atoms with van der Waals surface area (Å²) >= 11 is 15.5. The Balaban J connectivity index is 2.07. The maximum absolute atomic E-state index is 12.2. The van der Waals surface area contributed by atoms with E-state index in [-0.39, 0.29) is 17.9 Å². The summed E-state index contributed by atoms with van der Waals surface area (Å²) in [5.74, 6) is -0.0337. The largest absolute Gasteiger partial charge is 0.328 e. The normalized spacial score (nSPS) is 23.2. The van der Waals surface area contributed by atoms with Crippen LogP contribution in [0.4, 0.5) is 5.69 Å². The van der Waals surface area contributed by atoms with Gasteiger partial charge >= 0.3 is 0 Å². The molecule has 2 rings (SSSR count). The van der Waals surface area contributed by atoms with E-state index in [9.17, 15) is 4.79 Å². The van der Waals surface area contributed by atoms with E-state index in [1.54, 1.807) is 12.1 Å². The molecule has 104 valence electrons. The van der Waals surface area contributed by atoms with Crippen LogP contribution in [0.25, 0.3) is 0 Å². The number of amides is 1. The van der Waals surface area contributed by atoms with Gasteiger partial charge in [0.05, 0.1) is 15.7 Å². The summed E-state index contributed by atoms with van der Waals surface area (Å²) in [5.41, 5.74) is 6.31. The topological polar surface area (TPSA) is 55.1 Å². The molecule has 1 amide bonds. The summed E-state index contributed by atoms with van der Waals surface area (Å²) in [6, 6.07) is 3.64. The third-order valence-electron chi connectivity index (χ3n) is 3.40. The molecule has 0 saturated heterocycles. The molecule has 1 aliphatic rings. The molecule has 0 spiro atoms. The first-order valence-corrected chi connectivity index (χ1v) is 7.73. The number of nitrogens with one attached hydrogen (secondary N) is 1. The van der Waals surface area contributed by atoms with Crippen LogP contribution in [0.15, 0.2) is 16.6 Å². The second-order valence-corrected chi connectivity index (χ2v) is 6.58. The van der Waals surface area contributed by atoms with Crippen molar-refractivity contribution < 1.29 is 4.79 Å². The van der Waals surface area contributed by atoms with E-state index < -0.39 is 0 Å². The van der Waals surface area contributed by atoms with Crippen molar-refractivity contribution in [3.8, 4) is 0 Å². The molecule has 0 heterocycles. The fourth-order valence-corrected chi connectivity index (χ4v) is 3.57. The average molecular weight is 366 g/mol. The van der Waals surface area contributed by atoms with Crippen LogP contribution in [0.1, 0.15) is 25.7 Å². The number of anilines is 1. The van der Waals surface area contributed by atoms with E-state index in [2.05, 4.69) is 21.2 Å². The number of nitrogens with two attached hydrogens (primary N) is 1. The lowest BCUT2D eigenvalue weighted by Crippen LogP contribution is -2.32. The number of hydrogen-bond donors (Lipinski definition) is 2. The van der Waals surface area contributed by atoms with Gasteiger partial charge in [0.15, 0.2) is 0 Å². The third kappa shape index (κ3) is 3.85. The van der Waals surface area contributed by atoms with Crippen LogP contribution in [0, 0.1) is 5.92 Å². The molecule has 0 radical (unpaired) electrons. The molecule has 6 heteroatoms. The van der Waals surface area contributed by atoms with Crippen molar-refractivity contribution in [3.05, 3.63) is 26.7 Å². The molecule has 1 aromatic carbocycles. The lowest BCUT2D eigenvalue weighted by atomic mass is 9.86. The minimum atomic E-state index is -0.0296. The zero-order chi connectivity index (χ0) is 14.0. The Morgan fingerprint density at radius 1 is 1.21 bits per heavy atom. The van der Waals surface area contributed by atoms with Crippen molar-refractivity contribution >= 4 is 50.7 Å². The molecule has 0 aromatic heterocycles. The first-order valence-electron chi connectivity index (χ1n) is 6.18. The molecule has 0 atom stereocenters. The van der Waals surface area contributed by atoms with E-state index in [0.717, 1.165) is 30.2 Å². The van der Waals surface area contributed by atoms with Crippen molar-refractivity contribution in [3.63, 3.8) is 0 Å².